The Balaban J connectivity index is 2.86. The highest BCUT2D eigenvalue weighted by molar-refractivity contribution is 9.11. The van der Waals surface area contributed by atoms with Gasteiger partial charge in [0.25, 0.3) is 6.43 Å². The third-order valence-corrected chi connectivity index (χ3v) is 3.15. The largest absolute Gasteiger partial charge is 0.485 e. The molecule has 0 heterocycles. The predicted octanol–water partition coefficient (Wildman–Crippen LogP) is 3.75. The number of hydrogen-bond donors (Lipinski definition) is 1. The predicted molar refractivity (Wildman–Crippen MR) is 70.7 cm³/mol. The minimum absolute atomic E-state index is 0.0432. The van der Waals surface area contributed by atoms with Gasteiger partial charge in [-0.2, -0.15) is 0 Å². The maximum atomic E-state index is 12.1. The lowest BCUT2D eigenvalue weighted by Crippen LogP contribution is -2.17. The van der Waals surface area contributed by atoms with Crippen LogP contribution in [-0.2, 0) is 6.42 Å². The van der Waals surface area contributed by atoms with Crippen molar-refractivity contribution in [2.24, 2.45) is 5.73 Å². The normalized spacial score (nSPS) is 12.9. The summed E-state index contributed by atoms with van der Waals surface area (Å²) in [6.45, 7) is 1.28. The molecular formula is C11H13Br2F2NO. The van der Waals surface area contributed by atoms with E-state index in [2.05, 4.69) is 31.9 Å². The van der Waals surface area contributed by atoms with Crippen LogP contribution in [0, 0.1) is 0 Å². The summed E-state index contributed by atoms with van der Waals surface area (Å²) < 4.78 is 30.4. The average Bonchev–Trinajstić information content (AvgIpc) is 2.14. The first-order valence-corrected chi connectivity index (χ1v) is 6.63. The second kappa shape index (κ2) is 6.66. The number of nitrogens with two attached hydrogens (primary N) is 1. The summed E-state index contributed by atoms with van der Waals surface area (Å²) in [5.41, 5.74) is 6.72. The molecule has 17 heavy (non-hydrogen) atoms. The first-order valence-electron chi connectivity index (χ1n) is 5.04. The van der Waals surface area contributed by atoms with Gasteiger partial charge in [0, 0.05) is 6.04 Å². The quantitative estimate of drug-likeness (QED) is 0.854. The van der Waals surface area contributed by atoms with Crippen LogP contribution in [0.2, 0.25) is 0 Å². The van der Waals surface area contributed by atoms with Crippen molar-refractivity contribution in [3.05, 3.63) is 26.6 Å². The first kappa shape index (κ1) is 14.9. The lowest BCUT2D eigenvalue weighted by molar-refractivity contribution is 0.0811. The Morgan fingerprint density at radius 1 is 1.29 bits per heavy atom. The third-order valence-electron chi connectivity index (χ3n) is 1.97. The number of ether oxygens (including phenoxy) is 1. The SMILES string of the molecule is CC(N)Cc1cc(Br)c(OCC(F)F)c(Br)c1. The molecule has 0 spiro atoms. The molecule has 2 nitrogen and oxygen atoms in total. The molecule has 1 aromatic carbocycles. The van der Waals surface area contributed by atoms with E-state index in [1.165, 1.54) is 0 Å². The molecule has 2 N–H and O–H groups in total. The highest BCUT2D eigenvalue weighted by Crippen LogP contribution is 2.35. The van der Waals surface area contributed by atoms with Gasteiger partial charge in [0.05, 0.1) is 8.95 Å². The van der Waals surface area contributed by atoms with Crippen LogP contribution in [0.25, 0.3) is 0 Å². The molecule has 1 unspecified atom stereocenters. The second-order valence-electron chi connectivity index (χ2n) is 3.77. The molecule has 0 aromatic heterocycles. The Bertz CT molecular complexity index is 363. The summed E-state index contributed by atoms with van der Waals surface area (Å²) in [7, 11) is 0. The van der Waals surface area contributed by atoms with E-state index in [0.29, 0.717) is 21.1 Å². The van der Waals surface area contributed by atoms with Gasteiger partial charge in [-0.1, -0.05) is 0 Å². The molecule has 96 valence electrons. The van der Waals surface area contributed by atoms with Crippen molar-refractivity contribution >= 4 is 31.9 Å². The molecule has 1 rings (SSSR count). The van der Waals surface area contributed by atoms with Crippen LogP contribution < -0.4 is 10.5 Å². The molecule has 6 heteroatoms. The van der Waals surface area contributed by atoms with E-state index in [4.69, 9.17) is 10.5 Å². The number of benzene rings is 1. The molecular weight excluding hydrogens is 360 g/mol. The lowest BCUT2D eigenvalue weighted by Gasteiger charge is -2.13. The molecule has 1 aromatic rings. The van der Waals surface area contributed by atoms with Crippen molar-refractivity contribution in [2.75, 3.05) is 6.61 Å². The molecule has 1 atom stereocenters. The Labute approximate surface area is 116 Å². The zero-order chi connectivity index (χ0) is 13.0. The van der Waals surface area contributed by atoms with Crippen LogP contribution in [0.3, 0.4) is 0 Å². The number of hydrogen-bond acceptors (Lipinski definition) is 2. The zero-order valence-corrected chi connectivity index (χ0v) is 12.4. The minimum Gasteiger partial charge on any atom is -0.485 e. The van der Waals surface area contributed by atoms with Gasteiger partial charge in [0.2, 0.25) is 0 Å². The summed E-state index contributed by atoms with van der Waals surface area (Å²) in [6.07, 6.45) is -1.77. The van der Waals surface area contributed by atoms with Crippen LogP contribution in [0.15, 0.2) is 21.1 Å². The van der Waals surface area contributed by atoms with Gasteiger partial charge in [-0.15, -0.1) is 0 Å². The fraction of sp³-hybridized carbons (Fsp3) is 0.455. The van der Waals surface area contributed by atoms with Gasteiger partial charge < -0.3 is 10.5 Å². The highest BCUT2D eigenvalue weighted by atomic mass is 79.9. The molecule has 0 bridgehead atoms. The van der Waals surface area contributed by atoms with E-state index in [1.54, 1.807) is 0 Å². The van der Waals surface area contributed by atoms with Gasteiger partial charge in [0.15, 0.2) is 0 Å². The van der Waals surface area contributed by atoms with Crippen molar-refractivity contribution in [1.82, 2.24) is 0 Å². The minimum atomic E-state index is -2.49. The molecule has 0 saturated heterocycles. The Kier molecular flexibility index (Phi) is 5.82. The highest BCUT2D eigenvalue weighted by Gasteiger charge is 2.12. The smallest absolute Gasteiger partial charge is 0.272 e. The zero-order valence-electron chi connectivity index (χ0n) is 9.22. The van der Waals surface area contributed by atoms with Crippen molar-refractivity contribution in [3.63, 3.8) is 0 Å². The topological polar surface area (TPSA) is 35.2 Å². The summed E-state index contributed by atoms with van der Waals surface area (Å²) in [5.74, 6) is 0.388. The van der Waals surface area contributed by atoms with Crippen LogP contribution in [-0.4, -0.2) is 19.1 Å². The Morgan fingerprint density at radius 3 is 2.24 bits per heavy atom. The fourth-order valence-electron chi connectivity index (χ4n) is 1.39. The molecule has 0 amide bonds. The van der Waals surface area contributed by atoms with Crippen molar-refractivity contribution in [3.8, 4) is 5.75 Å². The molecule has 0 aliphatic heterocycles. The van der Waals surface area contributed by atoms with Crippen molar-refractivity contribution in [2.45, 2.75) is 25.8 Å². The van der Waals surface area contributed by atoms with E-state index in [0.717, 1.165) is 5.56 Å². The maximum absolute atomic E-state index is 12.1. The molecule has 0 aliphatic carbocycles. The van der Waals surface area contributed by atoms with Crippen LogP contribution in [0.5, 0.6) is 5.75 Å². The third kappa shape index (κ3) is 4.89. The van der Waals surface area contributed by atoms with Crippen molar-refractivity contribution in [1.29, 1.82) is 0 Å². The Hall–Kier alpha value is -0.200. The van der Waals surface area contributed by atoms with Crippen LogP contribution in [0.1, 0.15) is 12.5 Å². The van der Waals surface area contributed by atoms with Gasteiger partial charge in [-0.3, -0.25) is 0 Å². The average molecular weight is 373 g/mol. The van der Waals surface area contributed by atoms with Crippen LogP contribution in [0.4, 0.5) is 8.78 Å². The van der Waals surface area contributed by atoms with E-state index in [-0.39, 0.29) is 6.04 Å². The Morgan fingerprint density at radius 2 is 1.82 bits per heavy atom. The number of halogens is 4. The van der Waals surface area contributed by atoms with E-state index >= 15 is 0 Å². The van der Waals surface area contributed by atoms with E-state index < -0.39 is 13.0 Å². The fourth-order valence-corrected chi connectivity index (χ4v) is 2.90. The lowest BCUT2D eigenvalue weighted by atomic mass is 10.1. The van der Waals surface area contributed by atoms with Crippen molar-refractivity contribution < 1.29 is 13.5 Å². The standard InChI is InChI=1S/C11H13Br2F2NO/c1-6(16)2-7-3-8(12)11(9(13)4-7)17-5-10(14)15/h3-4,6,10H,2,5,16H2,1H3. The van der Waals surface area contributed by atoms with Gasteiger partial charge in [0.1, 0.15) is 12.4 Å². The summed E-state index contributed by atoms with van der Waals surface area (Å²) >= 11 is 6.59. The summed E-state index contributed by atoms with van der Waals surface area (Å²) in [6, 6.07) is 3.70. The van der Waals surface area contributed by atoms with Gasteiger partial charge in [-0.05, 0) is 62.9 Å². The van der Waals surface area contributed by atoms with Crippen LogP contribution >= 0.6 is 31.9 Å². The number of alkyl halides is 2. The van der Waals surface area contributed by atoms with Gasteiger partial charge >= 0.3 is 0 Å². The molecule has 0 saturated carbocycles. The molecule has 0 radical (unpaired) electrons. The number of rotatable bonds is 5. The second-order valence-corrected chi connectivity index (χ2v) is 5.48. The molecule has 0 fully saturated rings. The van der Waals surface area contributed by atoms with Gasteiger partial charge in [-0.25, -0.2) is 8.78 Å². The van der Waals surface area contributed by atoms with E-state index in [9.17, 15) is 8.78 Å². The molecule has 0 aliphatic rings. The summed E-state index contributed by atoms with van der Waals surface area (Å²) in [5, 5.41) is 0. The van der Waals surface area contributed by atoms with E-state index in [1.807, 2.05) is 19.1 Å². The first-order chi connectivity index (χ1) is 7.90. The maximum Gasteiger partial charge on any atom is 0.272 e. The summed E-state index contributed by atoms with van der Waals surface area (Å²) in [4.78, 5) is 0. The monoisotopic (exact) mass is 371 g/mol.